The average molecular weight is 539 g/mol. The Labute approximate surface area is 220 Å². The summed E-state index contributed by atoms with van der Waals surface area (Å²) in [6, 6.07) is 7.40. The zero-order valence-electron chi connectivity index (χ0n) is 20.2. The highest BCUT2D eigenvalue weighted by atomic mass is 19.4. The molecular weight excluding hydrogens is 523 g/mol. The van der Waals surface area contributed by atoms with E-state index in [0.717, 1.165) is 6.07 Å². The number of benzene rings is 2. The molecule has 0 saturated heterocycles. The lowest BCUT2D eigenvalue weighted by Gasteiger charge is -2.29. The van der Waals surface area contributed by atoms with Crippen molar-refractivity contribution in [2.75, 3.05) is 5.32 Å². The predicted octanol–water partition coefficient (Wildman–Crippen LogP) is 3.72. The first kappa shape index (κ1) is 27.6. The molecule has 8 nitrogen and oxygen atoms in total. The maximum atomic E-state index is 15.7. The number of carbonyl (C=O) groups excluding carboxylic acids is 2. The summed E-state index contributed by atoms with van der Waals surface area (Å²) in [5, 5.41) is 6.27. The molecule has 0 aliphatic carbocycles. The lowest BCUT2D eigenvalue weighted by Crippen LogP contribution is -2.48. The second-order valence-electron chi connectivity index (χ2n) is 8.46. The summed E-state index contributed by atoms with van der Waals surface area (Å²) in [4.78, 5) is 28.4. The van der Waals surface area contributed by atoms with Crippen LogP contribution in [0.3, 0.4) is 0 Å². The van der Waals surface area contributed by atoms with E-state index in [0.29, 0.717) is 29.4 Å². The molecule has 0 spiro atoms. The zero-order chi connectivity index (χ0) is 28.7. The summed E-state index contributed by atoms with van der Waals surface area (Å²) in [5.74, 6) is -4.31. The molecule has 39 heavy (non-hydrogen) atoms. The first-order valence-electron chi connectivity index (χ1n) is 11.0. The summed E-state index contributed by atoms with van der Waals surface area (Å²) >= 11 is 0. The Bertz CT molecular complexity index is 1610. The lowest BCUT2D eigenvalue weighted by atomic mass is 9.58. The zero-order valence-corrected chi connectivity index (χ0v) is 20.2. The summed E-state index contributed by atoms with van der Waals surface area (Å²) in [6.07, 6.45) is -3.67. The summed E-state index contributed by atoms with van der Waals surface area (Å²) < 4.78 is 72.9. The van der Waals surface area contributed by atoms with Crippen LogP contribution >= 0.6 is 0 Å². The van der Waals surface area contributed by atoms with Gasteiger partial charge in [0.25, 0.3) is 5.91 Å². The van der Waals surface area contributed by atoms with Gasteiger partial charge in [-0.25, -0.2) is 18.3 Å². The Hall–Kier alpha value is -4.42. The molecule has 2 N–H and O–H groups in total. The minimum absolute atomic E-state index is 0.0641. The third kappa shape index (κ3) is 6.02. The molecule has 4 aromatic rings. The van der Waals surface area contributed by atoms with Crippen LogP contribution in [-0.4, -0.2) is 48.5 Å². The van der Waals surface area contributed by atoms with E-state index in [1.807, 2.05) is 5.32 Å². The van der Waals surface area contributed by atoms with Crippen LogP contribution < -0.4 is 15.4 Å². The van der Waals surface area contributed by atoms with Crippen molar-refractivity contribution in [3.8, 4) is 17.0 Å². The van der Waals surface area contributed by atoms with Gasteiger partial charge >= 0.3 is 6.36 Å². The van der Waals surface area contributed by atoms with Crippen molar-refractivity contribution in [1.82, 2.24) is 19.9 Å². The number of nitrogens with zero attached hydrogens (tertiary/aromatic N) is 3. The lowest BCUT2D eigenvalue weighted by molar-refractivity contribution is -0.274. The fourth-order valence-electron chi connectivity index (χ4n) is 3.76. The van der Waals surface area contributed by atoms with Crippen LogP contribution in [0.25, 0.3) is 16.9 Å². The van der Waals surface area contributed by atoms with Crippen molar-refractivity contribution >= 4 is 39.0 Å². The Balaban J connectivity index is 1.67. The van der Waals surface area contributed by atoms with Crippen molar-refractivity contribution in [2.45, 2.75) is 25.5 Å². The van der Waals surface area contributed by atoms with E-state index in [1.165, 1.54) is 35.8 Å². The molecule has 0 aliphatic heterocycles. The molecule has 196 valence electrons. The number of halogens is 5. The predicted molar refractivity (Wildman–Crippen MR) is 131 cm³/mol. The Morgan fingerprint density at radius 2 is 1.77 bits per heavy atom. The largest absolute Gasteiger partial charge is 0.573 e. The number of anilines is 1. The fourth-order valence-corrected chi connectivity index (χ4v) is 3.76. The number of fused-ring (bicyclic) bond motifs is 1. The van der Waals surface area contributed by atoms with Crippen LogP contribution in [0.4, 0.5) is 27.8 Å². The summed E-state index contributed by atoms with van der Waals surface area (Å²) in [6.45, 7) is 2.87. The van der Waals surface area contributed by atoms with E-state index in [9.17, 15) is 27.2 Å². The standard InChI is InChI=1S/C24H16B2F5N5O3/c1-11-3-5-14(21(28)20(11)17-7-8-19-33-18(32-12(2)37)10-36(19)35-17)22(38)34-23(25,26)15-9-13(4-6-16(15)27)39-24(29,30)31/h3-10H,1-2H3,(H,32,37)(H,34,38). The van der Waals surface area contributed by atoms with Crippen LogP contribution in [0.5, 0.6) is 5.75 Å². The third-order valence-electron chi connectivity index (χ3n) is 5.41. The van der Waals surface area contributed by atoms with Gasteiger partial charge in [-0.15, -0.1) is 13.2 Å². The number of carbonyl (C=O) groups is 2. The number of amides is 2. The summed E-state index contributed by atoms with van der Waals surface area (Å²) in [7, 11) is 11.7. The van der Waals surface area contributed by atoms with Crippen molar-refractivity contribution < 1.29 is 36.3 Å². The first-order chi connectivity index (χ1) is 18.1. The van der Waals surface area contributed by atoms with Gasteiger partial charge in [0.1, 0.15) is 17.4 Å². The van der Waals surface area contributed by atoms with E-state index in [1.54, 1.807) is 6.92 Å². The molecule has 2 amide bonds. The molecule has 4 radical (unpaired) electrons. The SMILES string of the molecule is [B]C([B])(NC(=O)c1ccc(C)c(-c2ccc3nc(NC(C)=O)cn3n2)c1F)c1cc(OC(F)(F)F)ccc1F. The van der Waals surface area contributed by atoms with E-state index in [2.05, 4.69) is 20.1 Å². The van der Waals surface area contributed by atoms with Crippen molar-refractivity contribution in [1.29, 1.82) is 0 Å². The number of aryl methyl sites for hydroxylation is 1. The minimum Gasteiger partial charge on any atom is -0.406 e. The van der Waals surface area contributed by atoms with Gasteiger partial charge in [-0.3, -0.25) is 9.59 Å². The third-order valence-corrected chi connectivity index (χ3v) is 5.41. The molecule has 0 unspecified atom stereocenters. The highest BCUT2D eigenvalue weighted by Gasteiger charge is 2.33. The molecule has 0 saturated carbocycles. The maximum Gasteiger partial charge on any atom is 0.573 e. The molecule has 2 aromatic heterocycles. The number of hydrogen-bond acceptors (Lipinski definition) is 5. The fraction of sp³-hybridized carbons (Fsp3) is 0.167. The number of hydrogen-bond donors (Lipinski definition) is 2. The van der Waals surface area contributed by atoms with Crippen LogP contribution in [0, 0.1) is 18.6 Å². The Morgan fingerprint density at radius 1 is 1.05 bits per heavy atom. The molecule has 0 aliphatic rings. The van der Waals surface area contributed by atoms with Crippen LogP contribution in [-0.2, 0) is 10.1 Å². The molecule has 15 heteroatoms. The average Bonchev–Trinajstić information content (AvgIpc) is 3.19. The Kier molecular flexibility index (Phi) is 7.11. The molecule has 2 heterocycles. The van der Waals surface area contributed by atoms with Gasteiger partial charge in [0.2, 0.25) is 5.91 Å². The van der Waals surface area contributed by atoms with Crippen LogP contribution in [0.15, 0.2) is 48.7 Å². The van der Waals surface area contributed by atoms with Crippen molar-refractivity contribution in [3.05, 3.63) is 77.0 Å². The highest BCUT2D eigenvalue weighted by Crippen LogP contribution is 2.30. The molecule has 0 bridgehead atoms. The second-order valence-corrected chi connectivity index (χ2v) is 8.46. The molecule has 2 aromatic carbocycles. The topological polar surface area (TPSA) is 97.6 Å². The van der Waals surface area contributed by atoms with Gasteiger partial charge in [-0.2, -0.15) is 5.10 Å². The molecule has 4 rings (SSSR count). The Morgan fingerprint density at radius 3 is 2.44 bits per heavy atom. The maximum absolute atomic E-state index is 15.7. The number of imidazole rings is 1. The number of ether oxygens (including phenoxy) is 1. The monoisotopic (exact) mass is 539 g/mol. The number of aromatic nitrogens is 3. The van der Waals surface area contributed by atoms with Crippen LogP contribution in [0.2, 0.25) is 0 Å². The normalized spacial score (nSPS) is 11.9. The quantitative estimate of drug-likeness (QED) is 0.288. The summed E-state index contributed by atoms with van der Waals surface area (Å²) in [5.41, 5.74) is -0.505. The van der Waals surface area contributed by atoms with Crippen LogP contribution in [0.1, 0.15) is 28.4 Å². The smallest absolute Gasteiger partial charge is 0.406 e. The van der Waals surface area contributed by atoms with Crippen molar-refractivity contribution in [2.24, 2.45) is 0 Å². The van der Waals surface area contributed by atoms with Gasteiger partial charge in [0, 0.05) is 12.5 Å². The van der Waals surface area contributed by atoms with Gasteiger partial charge in [-0.05, 0) is 59.8 Å². The van der Waals surface area contributed by atoms with Gasteiger partial charge in [-0.1, -0.05) is 6.07 Å². The van der Waals surface area contributed by atoms with Gasteiger partial charge < -0.3 is 15.4 Å². The van der Waals surface area contributed by atoms with E-state index in [4.69, 9.17) is 15.7 Å². The van der Waals surface area contributed by atoms with E-state index >= 15 is 4.39 Å². The molecule has 0 fully saturated rings. The first-order valence-corrected chi connectivity index (χ1v) is 11.0. The van der Waals surface area contributed by atoms with Gasteiger partial charge in [0.05, 0.1) is 33.1 Å². The minimum atomic E-state index is -5.08. The van der Waals surface area contributed by atoms with Crippen molar-refractivity contribution in [3.63, 3.8) is 0 Å². The van der Waals surface area contributed by atoms with Gasteiger partial charge in [0.15, 0.2) is 11.5 Å². The highest BCUT2D eigenvalue weighted by molar-refractivity contribution is 6.41. The number of nitrogens with one attached hydrogen (secondary N) is 2. The molecule has 0 atom stereocenters. The van der Waals surface area contributed by atoms with E-state index < -0.39 is 46.1 Å². The molecular formula is C24H16B2F5N5O3. The van der Waals surface area contributed by atoms with E-state index in [-0.39, 0.29) is 23.0 Å². The number of rotatable bonds is 6. The number of alkyl halides is 3. The second kappa shape index (κ2) is 10.0.